The van der Waals surface area contributed by atoms with Gasteiger partial charge in [0.15, 0.2) is 0 Å². The third-order valence-corrected chi connectivity index (χ3v) is 7.51. The quantitative estimate of drug-likeness (QED) is 0.338. The molecule has 7 nitrogen and oxygen atoms in total. The van der Waals surface area contributed by atoms with Crippen molar-refractivity contribution in [3.63, 3.8) is 0 Å². The highest BCUT2D eigenvalue weighted by molar-refractivity contribution is 9.10. The van der Waals surface area contributed by atoms with Gasteiger partial charge in [0.05, 0.1) is 11.1 Å². The number of likely N-dealkylation sites (tertiary alicyclic amines) is 1. The Morgan fingerprint density at radius 2 is 1.71 bits per heavy atom. The van der Waals surface area contributed by atoms with Crippen LogP contribution in [0.1, 0.15) is 30.0 Å². The molecular formula is C25H23BrN4O3S. The number of nitrogens with zero attached hydrogens (tertiary/aromatic N) is 2. The number of carbonyl (C=O) groups is 1. The van der Waals surface area contributed by atoms with Crippen LogP contribution in [0.4, 0.5) is 0 Å². The zero-order chi connectivity index (χ0) is 23.9. The van der Waals surface area contributed by atoms with E-state index in [0.29, 0.717) is 41.5 Å². The van der Waals surface area contributed by atoms with Crippen LogP contribution in [0.3, 0.4) is 0 Å². The Morgan fingerprint density at radius 3 is 2.38 bits per heavy atom. The average Bonchev–Trinajstić information content (AvgIpc) is 3.23. The maximum atomic E-state index is 13.9. The van der Waals surface area contributed by atoms with Gasteiger partial charge >= 0.3 is 0 Å². The van der Waals surface area contributed by atoms with Crippen molar-refractivity contribution < 1.29 is 9.90 Å². The van der Waals surface area contributed by atoms with Crippen LogP contribution >= 0.6 is 28.1 Å². The molecule has 0 bridgehead atoms. The standard InChI is InChI=1S/C25H23BrN4O3S/c26-18-8-6-17(7-9-18)25(33)11-14-29(15-12-25)23(32)21(16-4-2-1-3-5-16)30-13-10-19-20(24(30)34)22(31)28-27-19/h1-10,13,21,33H,11-12,14-15H2,(H2,27,28,31). The summed E-state index contributed by atoms with van der Waals surface area (Å²) in [7, 11) is 0. The molecule has 1 atom stereocenters. The molecular weight excluding hydrogens is 516 g/mol. The first-order chi connectivity index (χ1) is 16.4. The van der Waals surface area contributed by atoms with E-state index >= 15 is 0 Å². The van der Waals surface area contributed by atoms with Crippen molar-refractivity contribution in [2.75, 3.05) is 13.1 Å². The van der Waals surface area contributed by atoms with Crippen LogP contribution < -0.4 is 5.56 Å². The fourth-order valence-corrected chi connectivity index (χ4v) is 5.27. The van der Waals surface area contributed by atoms with Crippen molar-refractivity contribution >= 4 is 45.0 Å². The van der Waals surface area contributed by atoms with Crippen molar-refractivity contribution in [1.29, 1.82) is 0 Å². The van der Waals surface area contributed by atoms with E-state index in [0.717, 1.165) is 15.6 Å². The Bertz CT molecular complexity index is 1450. The number of hydrogen-bond acceptors (Lipinski definition) is 4. The van der Waals surface area contributed by atoms with E-state index < -0.39 is 11.6 Å². The summed E-state index contributed by atoms with van der Waals surface area (Å²) in [6.07, 6.45) is 2.61. The minimum atomic E-state index is -0.979. The third kappa shape index (κ3) is 4.04. The van der Waals surface area contributed by atoms with E-state index in [1.54, 1.807) is 21.7 Å². The highest BCUT2D eigenvalue weighted by Gasteiger charge is 2.38. The predicted molar refractivity (Wildman–Crippen MR) is 136 cm³/mol. The molecule has 2 aromatic heterocycles. The number of halogens is 1. The fourth-order valence-electron chi connectivity index (χ4n) is 4.64. The number of rotatable bonds is 4. The number of aliphatic hydroxyl groups is 1. The number of H-pyrrole nitrogens is 2. The minimum Gasteiger partial charge on any atom is -0.385 e. The topological polar surface area (TPSA) is 94.1 Å². The highest BCUT2D eigenvalue weighted by Crippen LogP contribution is 2.35. The maximum Gasteiger partial charge on any atom is 0.274 e. The van der Waals surface area contributed by atoms with Gasteiger partial charge in [0.25, 0.3) is 5.56 Å². The predicted octanol–water partition coefficient (Wildman–Crippen LogP) is 4.25. The highest BCUT2D eigenvalue weighted by atomic mass is 79.9. The minimum absolute atomic E-state index is 0.119. The molecule has 0 aliphatic carbocycles. The van der Waals surface area contributed by atoms with Crippen LogP contribution in [0.15, 0.2) is 76.1 Å². The van der Waals surface area contributed by atoms with Crippen molar-refractivity contribution in [3.8, 4) is 0 Å². The Balaban J connectivity index is 1.48. The van der Waals surface area contributed by atoms with Crippen molar-refractivity contribution in [1.82, 2.24) is 19.7 Å². The lowest BCUT2D eigenvalue weighted by atomic mass is 9.84. The maximum absolute atomic E-state index is 13.9. The molecule has 1 aliphatic heterocycles. The summed E-state index contributed by atoms with van der Waals surface area (Å²) < 4.78 is 2.94. The molecule has 1 fully saturated rings. The van der Waals surface area contributed by atoms with Crippen LogP contribution in [-0.4, -0.2) is 43.8 Å². The number of aromatic nitrogens is 3. The van der Waals surface area contributed by atoms with Gasteiger partial charge in [-0.15, -0.1) is 0 Å². The zero-order valence-corrected chi connectivity index (χ0v) is 20.6. The number of fused-ring (bicyclic) bond motifs is 1. The van der Waals surface area contributed by atoms with Crippen LogP contribution in [0.2, 0.25) is 0 Å². The van der Waals surface area contributed by atoms with Crippen LogP contribution in [0, 0.1) is 4.64 Å². The average molecular weight is 539 g/mol. The van der Waals surface area contributed by atoms with E-state index in [1.165, 1.54) is 0 Å². The number of carbonyl (C=O) groups excluding carboxylic acids is 1. The summed E-state index contributed by atoms with van der Waals surface area (Å²) in [6.45, 7) is 0.823. The zero-order valence-electron chi connectivity index (χ0n) is 18.2. The molecule has 3 N–H and O–H groups in total. The normalized spacial score (nSPS) is 16.5. The second kappa shape index (κ2) is 8.98. The Kier molecular flexibility index (Phi) is 6.01. The van der Waals surface area contributed by atoms with E-state index in [1.807, 2.05) is 54.6 Å². The third-order valence-electron chi connectivity index (χ3n) is 6.57. The van der Waals surface area contributed by atoms with Gasteiger partial charge in [-0.25, -0.2) is 0 Å². The summed E-state index contributed by atoms with van der Waals surface area (Å²) in [5.41, 5.74) is 0.938. The van der Waals surface area contributed by atoms with E-state index in [9.17, 15) is 14.7 Å². The van der Waals surface area contributed by atoms with Gasteiger partial charge in [-0.2, -0.15) is 0 Å². The molecule has 1 saturated heterocycles. The number of pyridine rings is 1. The first-order valence-corrected chi connectivity index (χ1v) is 12.2. The molecule has 1 amide bonds. The molecule has 1 aliphatic rings. The first kappa shape index (κ1) is 22.8. The second-order valence-corrected chi connectivity index (χ2v) is 9.88. The second-order valence-electron chi connectivity index (χ2n) is 8.57. The molecule has 4 aromatic rings. The number of hydrogen-bond donors (Lipinski definition) is 3. The lowest BCUT2D eigenvalue weighted by Crippen LogP contribution is -2.47. The number of benzene rings is 2. The van der Waals surface area contributed by atoms with E-state index in [4.69, 9.17) is 12.2 Å². The van der Waals surface area contributed by atoms with Crippen molar-refractivity contribution in [3.05, 3.63) is 97.5 Å². The van der Waals surface area contributed by atoms with Gasteiger partial charge in [0.1, 0.15) is 16.1 Å². The number of amides is 1. The number of nitrogens with one attached hydrogen (secondary N) is 2. The molecule has 3 heterocycles. The molecule has 0 radical (unpaired) electrons. The molecule has 0 saturated carbocycles. The van der Waals surface area contributed by atoms with Gasteiger partial charge in [0.2, 0.25) is 5.91 Å². The smallest absolute Gasteiger partial charge is 0.274 e. The van der Waals surface area contributed by atoms with Gasteiger partial charge in [-0.05, 0) is 42.2 Å². The lowest BCUT2D eigenvalue weighted by molar-refractivity contribution is -0.138. The summed E-state index contributed by atoms with van der Waals surface area (Å²) in [6, 6.07) is 18.1. The van der Waals surface area contributed by atoms with Gasteiger partial charge in [-0.1, -0.05) is 70.6 Å². The van der Waals surface area contributed by atoms with Gasteiger partial charge in [-0.3, -0.25) is 19.8 Å². The Hall–Kier alpha value is -3.01. The summed E-state index contributed by atoms with van der Waals surface area (Å²) in [4.78, 5) is 28.0. The SMILES string of the molecule is O=C(C(c1ccccc1)n1ccc2[nH][nH]c(=O)c2c1=S)N1CCC(O)(c2ccc(Br)cc2)CC1. The molecule has 1 unspecified atom stereocenters. The largest absolute Gasteiger partial charge is 0.385 e. The van der Waals surface area contributed by atoms with Crippen LogP contribution in [0.5, 0.6) is 0 Å². The van der Waals surface area contributed by atoms with E-state index in [-0.39, 0.29) is 11.5 Å². The summed E-state index contributed by atoms with van der Waals surface area (Å²) in [5.74, 6) is -0.119. The van der Waals surface area contributed by atoms with Crippen molar-refractivity contribution in [2.24, 2.45) is 0 Å². The lowest BCUT2D eigenvalue weighted by Gasteiger charge is -2.40. The van der Waals surface area contributed by atoms with Crippen LogP contribution in [0.25, 0.3) is 10.9 Å². The molecule has 34 heavy (non-hydrogen) atoms. The van der Waals surface area contributed by atoms with E-state index in [2.05, 4.69) is 26.1 Å². The molecule has 0 spiro atoms. The van der Waals surface area contributed by atoms with Crippen LogP contribution in [-0.2, 0) is 10.4 Å². The first-order valence-electron chi connectivity index (χ1n) is 11.0. The molecule has 5 rings (SSSR count). The number of aromatic amines is 2. The van der Waals surface area contributed by atoms with Crippen molar-refractivity contribution in [2.45, 2.75) is 24.5 Å². The van der Waals surface area contributed by atoms with Gasteiger partial charge < -0.3 is 14.6 Å². The molecule has 9 heteroatoms. The Labute approximate surface area is 209 Å². The Morgan fingerprint density at radius 1 is 1.03 bits per heavy atom. The molecule has 2 aromatic carbocycles. The number of piperidine rings is 1. The molecule has 174 valence electrons. The monoisotopic (exact) mass is 538 g/mol. The summed E-state index contributed by atoms with van der Waals surface area (Å²) >= 11 is 9.08. The summed E-state index contributed by atoms with van der Waals surface area (Å²) in [5, 5.41) is 17.0. The van der Waals surface area contributed by atoms with Gasteiger partial charge in [0, 0.05) is 23.8 Å². The fraction of sp³-hybridized carbons (Fsp3) is 0.240.